The van der Waals surface area contributed by atoms with Crippen LogP contribution in [0.25, 0.3) is 0 Å². The molecule has 1 aromatic carbocycles. The van der Waals surface area contributed by atoms with Crippen LogP contribution in [0, 0.1) is 20.8 Å². The number of aryl methyl sites for hydroxylation is 3. The minimum absolute atomic E-state index is 0.331. The zero-order valence-corrected chi connectivity index (χ0v) is 16.2. The summed E-state index contributed by atoms with van der Waals surface area (Å²) in [5.41, 5.74) is 5.91. The monoisotopic (exact) mass is 379 g/mol. The Bertz CT molecular complexity index is 902. The standard InChI is InChI=1S/C17H21N3O3S2/c1-12-5-6-15(9-14(12)3)20(25(4,22)23)11-17(21)19-18-10-16-13(2)7-8-24-16/h5-10H,11H2,1-4H3,(H,19,21)/b18-10-. The van der Waals surface area contributed by atoms with Gasteiger partial charge in [-0.25, -0.2) is 13.8 Å². The van der Waals surface area contributed by atoms with Crippen molar-refractivity contribution in [2.45, 2.75) is 20.8 Å². The first-order chi connectivity index (χ1) is 11.7. The Morgan fingerprint density at radius 2 is 1.92 bits per heavy atom. The third-order valence-electron chi connectivity index (χ3n) is 3.74. The molecular weight excluding hydrogens is 358 g/mol. The predicted molar refractivity (Wildman–Crippen MR) is 103 cm³/mol. The van der Waals surface area contributed by atoms with Crippen LogP contribution in [-0.2, 0) is 14.8 Å². The Morgan fingerprint density at radius 1 is 1.20 bits per heavy atom. The highest BCUT2D eigenvalue weighted by molar-refractivity contribution is 7.92. The smallest absolute Gasteiger partial charge is 0.260 e. The Hall–Kier alpha value is -2.19. The molecule has 8 heteroatoms. The van der Waals surface area contributed by atoms with Crippen LogP contribution in [0.5, 0.6) is 0 Å². The van der Waals surface area contributed by atoms with E-state index >= 15 is 0 Å². The van der Waals surface area contributed by atoms with Crippen molar-refractivity contribution in [1.82, 2.24) is 5.43 Å². The van der Waals surface area contributed by atoms with Crippen LogP contribution in [0.1, 0.15) is 21.6 Å². The minimum atomic E-state index is -3.59. The topological polar surface area (TPSA) is 78.8 Å². The van der Waals surface area contributed by atoms with Crippen LogP contribution in [0.3, 0.4) is 0 Å². The van der Waals surface area contributed by atoms with E-state index in [4.69, 9.17) is 0 Å². The molecule has 0 unspecified atom stereocenters. The van der Waals surface area contributed by atoms with E-state index in [0.29, 0.717) is 5.69 Å². The number of hydrogen-bond donors (Lipinski definition) is 1. The van der Waals surface area contributed by atoms with Crippen molar-refractivity contribution in [2.75, 3.05) is 17.1 Å². The lowest BCUT2D eigenvalue weighted by atomic mass is 10.1. The first kappa shape index (κ1) is 19.1. The molecule has 0 spiro atoms. The number of anilines is 1. The molecule has 0 aliphatic rings. The number of amides is 1. The van der Waals surface area contributed by atoms with E-state index in [1.54, 1.807) is 18.3 Å². The molecule has 1 heterocycles. The molecule has 0 radical (unpaired) electrons. The number of hydrogen-bond acceptors (Lipinski definition) is 5. The lowest BCUT2D eigenvalue weighted by molar-refractivity contribution is -0.119. The summed E-state index contributed by atoms with van der Waals surface area (Å²) in [6.45, 7) is 5.46. The third-order valence-corrected chi connectivity index (χ3v) is 5.83. The van der Waals surface area contributed by atoms with Gasteiger partial charge < -0.3 is 0 Å². The summed E-state index contributed by atoms with van der Waals surface area (Å²) >= 11 is 1.51. The fourth-order valence-corrected chi connectivity index (χ4v) is 3.76. The van der Waals surface area contributed by atoms with E-state index in [2.05, 4.69) is 10.5 Å². The van der Waals surface area contributed by atoms with Crippen molar-refractivity contribution in [3.05, 3.63) is 51.2 Å². The Kier molecular flexibility index (Phi) is 5.97. The fourth-order valence-electron chi connectivity index (χ4n) is 2.13. The molecule has 0 fully saturated rings. The van der Waals surface area contributed by atoms with Gasteiger partial charge in [-0.2, -0.15) is 5.10 Å². The normalized spacial score (nSPS) is 11.7. The Balaban J connectivity index is 2.12. The van der Waals surface area contributed by atoms with Gasteiger partial charge in [-0.15, -0.1) is 11.3 Å². The molecule has 134 valence electrons. The number of thiophene rings is 1. The molecule has 6 nitrogen and oxygen atoms in total. The number of hydrazone groups is 1. The molecule has 0 atom stereocenters. The van der Waals surface area contributed by atoms with E-state index in [1.807, 2.05) is 38.3 Å². The molecule has 1 N–H and O–H groups in total. The number of nitrogens with zero attached hydrogens (tertiary/aromatic N) is 2. The van der Waals surface area contributed by atoms with Crippen molar-refractivity contribution in [2.24, 2.45) is 5.10 Å². The highest BCUT2D eigenvalue weighted by Gasteiger charge is 2.21. The predicted octanol–water partition coefficient (Wildman–Crippen LogP) is 2.59. The summed E-state index contributed by atoms with van der Waals surface area (Å²) in [5, 5.41) is 5.83. The number of rotatable bonds is 6. The molecule has 0 saturated heterocycles. The van der Waals surface area contributed by atoms with E-state index in [-0.39, 0.29) is 6.54 Å². The second-order valence-electron chi connectivity index (χ2n) is 5.80. The van der Waals surface area contributed by atoms with Gasteiger partial charge >= 0.3 is 0 Å². The van der Waals surface area contributed by atoms with Crippen LogP contribution in [0.2, 0.25) is 0 Å². The second kappa shape index (κ2) is 7.79. The number of carbonyl (C=O) groups is 1. The molecule has 1 amide bonds. The average molecular weight is 380 g/mol. The molecule has 0 saturated carbocycles. The zero-order valence-electron chi connectivity index (χ0n) is 14.6. The maximum Gasteiger partial charge on any atom is 0.260 e. The van der Waals surface area contributed by atoms with Crippen molar-refractivity contribution < 1.29 is 13.2 Å². The molecule has 1 aromatic heterocycles. The fraction of sp³-hybridized carbons (Fsp3) is 0.294. The molecule has 2 aromatic rings. The number of nitrogens with one attached hydrogen (secondary N) is 1. The highest BCUT2D eigenvalue weighted by Crippen LogP contribution is 2.21. The Labute approximate surface area is 152 Å². The van der Waals surface area contributed by atoms with Gasteiger partial charge in [-0.3, -0.25) is 9.10 Å². The number of sulfonamides is 1. The lowest BCUT2D eigenvalue weighted by Gasteiger charge is -2.22. The van der Waals surface area contributed by atoms with Crippen LogP contribution in [0.4, 0.5) is 5.69 Å². The van der Waals surface area contributed by atoms with Crippen LogP contribution < -0.4 is 9.73 Å². The van der Waals surface area contributed by atoms with Gasteiger partial charge in [-0.1, -0.05) is 6.07 Å². The average Bonchev–Trinajstić information content (AvgIpc) is 2.92. The maximum atomic E-state index is 12.1. The molecule has 25 heavy (non-hydrogen) atoms. The van der Waals surface area contributed by atoms with Gasteiger partial charge in [0.15, 0.2) is 0 Å². The largest absolute Gasteiger partial charge is 0.271 e. The first-order valence-electron chi connectivity index (χ1n) is 7.59. The summed E-state index contributed by atoms with van der Waals surface area (Å²) in [5.74, 6) is -0.505. The van der Waals surface area contributed by atoms with Crippen molar-refractivity contribution in [3.63, 3.8) is 0 Å². The summed E-state index contributed by atoms with van der Waals surface area (Å²) in [7, 11) is -3.59. The minimum Gasteiger partial charge on any atom is -0.271 e. The quantitative estimate of drug-likeness (QED) is 0.619. The first-order valence-corrected chi connectivity index (χ1v) is 10.3. The van der Waals surface area contributed by atoms with Gasteiger partial charge in [0, 0.05) is 4.88 Å². The van der Waals surface area contributed by atoms with Crippen LogP contribution in [0.15, 0.2) is 34.7 Å². The van der Waals surface area contributed by atoms with Crippen LogP contribution in [-0.4, -0.2) is 33.3 Å². The summed E-state index contributed by atoms with van der Waals surface area (Å²) in [6, 6.07) is 7.23. The molecule has 0 aliphatic carbocycles. The van der Waals surface area contributed by atoms with Crippen molar-refractivity contribution in [1.29, 1.82) is 0 Å². The van der Waals surface area contributed by atoms with Crippen molar-refractivity contribution in [3.8, 4) is 0 Å². The summed E-state index contributed by atoms with van der Waals surface area (Å²) in [4.78, 5) is 13.1. The Morgan fingerprint density at radius 3 is 2.48 bits per heavy atom. The van der Waals surface area contributed by atoms with E-state index in [0.717, 1.165) is 32.1 Å². The third kappa shape index (κ3) is 5.14. The molecule has 0 bridgehead atoms. The SMILES string of the molecule is Cc1ccc(N(CC(=O)N/N=C\c2sccc2C)S(C)(=O)=O)cc1C. The van der Waals surface area contributed by atoms with E-state index < -0.39 is 15.9 Å². The second-order valence-corrected chi connectivity index (χ2v) is 8.65. The number of benzene rings is 1. The molecule has 2 rings (SSSR count). The van der Waals surface area contributed by atoms with Crippen LogP contribution >= 0.6 is 11.3 Å². The van der Waals surface area contributed by atoms with Gasteiger partial charge in [0.05, 0.1) is 18.2 Å². The van der Waals surface area contributed by atoms with Crippen molar-refractivity contribution >= 4 is 39.2 Å². The zero-order chi connectivity index (χ0) is 18.6. The number of carbonyl (C=O) groups excluding carboxylic acids is 1. The summed E-state index contributed by atoms with van der Waals surface area (Å²) in [6.07, 6.45) is 2.63. The van der Waals surface area contributed by atoms with Gasteiger partial charge in [0.2, 0.25) is 10.0 Å². The van der Waals surface area contributed by atoms with E-state index in [1.165, 1.54) is 11.3 Å². The van der Waals surface area contributed by atoms with Gasteiger partial charge in [-0.05, 0) is 61.0 Å². The lowest BCUT2D eigenvalue weighted by Crippen LogP contribution is -2.39. The maximum absolute atomic E-state index is 12.1. The highest BCUT2D eigenvalue weighted by atomic mass is 32.2. The van der Waals surface area contributed by atoms with Gasteiger partial charge in [0.25, 0.3) is 5.91 Å². The molecule has 0 aliphatic heterocycles. The summed E-state index contributed by atoms with van der Waals surface area (Å²) < 4.78 is 25.2. The molecular formula is C17H21N3O3S2. The van der Waals surface area contributed by atoms with E-state index in [9.17, 15) is 13.2 Å². The van der Waals surface area contributed by atoms with Gasteiger partial charge in [0.1, 0.15) is 6.54 Å².